The lowest BCUT2D eigenvalue weighted by molar-refractivity contribution is -0.643. The molecule has 2 aromatic carbocycles. The van der Waals surface area contributed by atoms with Crippen LogP contribution < -0.4 is 4.57 Å². The van der Waals surface area contributed by atoms with Crippen molar-refractivity contribution in [1.29, 1.82) is 0 Å². The van der Waals surface area contributed by atoms with Gasteiger partial charge in [0.2, 0.25) is 0 Å². The first kappa shape index (κ1) is 29.1. The molecule has 1 unspecified atom stereocenters. The molecule has 0 radical (unpaired) electrons. The molecule has 2 aromatic heterocycles. The van der Waals surface area contributed by atoms with E-state index in [0.717, 1.165) is 32.1 Å². The average Bonchev–Trinajstić information content (AvgIpc) is 3.26. The third-order valence-corrected chi connectivity index (χ3v) is 9.20. The second-order valence-electron chi connectivity index (χ2n) is 13.0. The van der Waals surface area contributed by atoms with Crippen molar-refractivity contribution < 1.29 is 4.57 Å². The van der Waals surface area contributed by atoms with Crippen LogP contribution in [0.3, 0.4) is 0 Å². The molecule has 0 aliphatic rings. The van der Waals surface area contributed by atoms with Gasteiger partial charge in [0.25, 0.3) is 5.65 Å². The molecule has 2 heterocycles. The molecule has 39 heavy (non-hydrogen) atoms. The van der Waals surface area contributed by atoms with Crippen LogP contribution in [-0.2, 0) is 18.9 Å². The number of nitrogens with zero attached hydrogens (tertiary/aromatic N) is 2. The third-order valence-electron chi connectivity index (χ3n) is 9.20. The van der Waals surface area contributed by atoms with Gasteiger partial charge in [0.05, 0.1) is 12.4 Å². The minimum absolute atomic E-state index is 0.167. The minimum atomic E-state index is 0.167. The van der Waals surface area contributed by atoms with Crippen molar-refractivity contribution in [2.24, 2.45) is 12.5 Å². The monoisotopic (exact) mass is 523 g/mol. The van der Waals surface area contributed by atoms with Crippen LogP contribution in [0.2, 0.25) is 0 Å². The van der Waals surface area contributed by atoms with Gasteiger partial charge in [-0.15, -0.1) is 0 Å². The molecule has 0 aliphatic heterocycles. The van der Waals surface area contributed by atoms with E-state index in [-0.39, 0.29) is 10.8 Å². The fourth-order valence-corrected chi connectivity index (χ4v) is 6.67. The molecule has 0 amide bonds. The first-order valence-corrected chi connectivity index (χ1v) is 15.2. The van der Waals surface area contributed by atoms with Gasteiger partial charge in [-0.1, -0.05) is 103 Å². The summed E-state index contributed by atoms with van der Waals surface area (Å²) in [4.78, 5) is 0. The summed E-state index contributed by atoms with van der Waals surface area (Å²) >= 11 is 0. The Kier molecular flexibility index (Phi) is 8.45. The van der Waals surface area contributed by atoms with E-state index in [1.54, 1.807) is 0 Å². The standard InChI is InChI=1S/C37H51N2/c1-11-15-16-18-26(5)27(6)33-25-38(10)35-34-29(19-17-20-31(34)37(12-2,13-3)14-4)30-23-28(24-36(7,8)9)21-22-32(30)39(33)35/h15-23,25,27H,11-14,24H2,1-10H3/q+1. The van der Waals surface area contributed by atoms with Crippen LogP contribution in [0.25, 0.3) is 27.3 Å². The largest absolute Gasteiger partial charge is 0.295 e. The molecule has 2 heteroatoms. The SMILES string of the molecule is CCC=CC=C(C)C(C)c1c[n+](C)c2c3c(C(CC)(CC)CC)cccc3c3cc(CC(C)(C)C)ccc3n12. The van der Waals surface area contributed by atoms with Gasteiger partial charge in [0, 0.05) is 16.7 Å². The summed E-state index contributed by atoms with van der Waals surface area (Å²) in [5.41, 5.74) is 8.69. The van der Waals surface area contributed by atoms with Crippen molar-refractivity contribution in [2.45, 2.75) is 106 Å². The van der Waals surface area contributed by atoms with Gasteiger partial charge in [0.15, 0.2) is 5.69 Å². The van der Waals surface area contributed by atoms with E-state index in [1.165, 1.54) is 49.7 Å². The summed E-state index contributed by atoms with van der Waals surface area (Å²) in [6.45, 7) is 20.9. The Morgan fingerprint density at radius 1 is 0.974 bits per heavy atom. The molecule has 0 spiro atoms. The molecule has 0 fully saturated rings. The molecule has 1 atom stereocenters. The van der Waals surface area contributed by atoms with Crippen LogP contribution in [0.15, 0.2) is 66.4 Å². The fraction of sp³-hybridized carbons (Fsp3) is 0.486. The smallest absolute Gasteiger partial charge is 0.232 e. The van der Waals surface area contributed by atoms with Crippen LogP contribution in [0.4, 0.5) is 0 Å². The van der Waals surface area contributed by atoms with Crippen molar-refractivity contribution in [3.05, 3.63) is 83.2 Å². The summed E-state index contributed by atoms with van der Waals surface area (Å²) in [6, 6.07) is 14.3. The number of imidazole rings is 1. The van der Waals surface area contributed by atoms with Crippen LogP contribution in [0, 0.1) is 5.41 Å². The number of aromatic nitrogens is 2. The first-order chi connectivity index (χ1) is 18.5. The third kappa shape index (κ3) is 5.32. The van der Waals surface area contributed by atoms with E-state index in [9.17, 15) is 0 Å². The van der Waals surface area contributed by atoms with Crippen LogP contribution in [0.1, 0.15) is 111 Å². The van der Waals surface area contributed by atoms with Gasteiger partial charge in [-0.05, 0) is 73.1 Å². The zero-order valence-electron chi connectivity index (χ0n) is 26.3. The predicted molar refractivity (Wildman–Crippen MR) is 171 cm³/mol. The maximum absolute atomic E-state index is 2.58. The number of pyridine rings is 1. The number of benzene rings is 2. The van der Waals surface area contributed by atoms with Gasteiger partial charge < -0.3 is 0 Å². The highest BCUT2D eigenvalue weighted by molar-refractivity contribution is 6.13. The van der Waals surface area contributed by atoms with E-state index < -0.39 is 0 Å². The molecule has 208 valence electrons. The lowest BCUT2D eigenvalue weighted by Crippen LogP contribution is -2.28. The molecular formula is C37H51N2+. The number of hydrogen-bond acceptors (Lipinski definition) is 0. The van der Waals surface area contributed by atoms with E-state index in [1.807, 2.05) is 0 Å². The summed E-state index contributed by atoms with van der Waals surface area (Å²) in [7, 11) is 2.24. The van der Waals surface area contributed by atoms with Crippen molar-refractivity contribution in [3.8, 4) is 0 Å². The molecule has 2 nitrogen and oxygen atoms in total. The Balaban J connectivity index is 2.19. The Morgan fingerprint density at radius 2 is 1.67 bits per heavy atom. The molecule has 0 N–H and O–H groups in total. The van der Waals surface area contributed by atoms with Gasteiger partial charge in [-0.25, -0.2) is 4.57 Å². The molecule has 0 saturated carbocycles. The maximum Gasteiger partial charge on any atom is 0.295 e. The lowest BCUT2D eigenvalue weighted by Gasteiger charge is -2.32. The maximum atomic E-state index is 2.58. The summed E-state index contributed by atoms with van der Waals surface area (Å²) in [5, 5.41) is 4.18. The first-order valence-electron chi connectivity index (χ1n) is 15.2. The highest BCUT2D eigenvalue weighted by Gasteiger charge is 2.33. The Bertz CT molecular complexity index is 1530. The molecule has 0 aliphatic carbocycles. The average molecular weight is 524 g/mol. The molecule has 0 saturated heterocycles. The van der Waals surface area contributed by atoms with Crippen molar-refractivity contribution in [2.75, 3.05) is 0 Å². The molecule has 4 aromatic rings. The zero-order chi connectivity index (χ0) is 28.5. The van der Waals surface area contributed by atoms with E-state index >= 15 is 0 Å². The van der Waals surface area contributed by atoms with Crippen LogP contribution in [0.5, 0.6) is 0 Å². The highest BCUT2D eigenvalue weighted by atomic mass is 15.1. The Morgan fingerprint density at radius 3 is 2.28 bits per heavy atom. The minimum Gasteiger partial charge on any atom is -0.232 e. The Labute approximate surface area is 237 Å². The summed E-state index contributed by atoms with van der Waals surface area (Å²) in [6.07, 6.45) is 14.7. The number of rotatable bonds is 9. The molecular weight excluding hydrogens is 472 g/mol. The van der Waals surface area contributed by atoms with E-state index in [2.05, 4.69) is 139 Å². The van der Waals surface area contributed by atoms with Crippen molar-refractivity contribution >= 4 is 27.3 Å². The quantitative estimate of drug-likeness (QED) is 0.117. The number of hydrogen-bond donors (Lipinski definition) is 0. The predicted octanol–water partition coefficient (Wildman–Crippen LogP) is 10.1. The summed E-state index contributed by atoms with van der Waals surface area (Å²) < 4.78 is 4.97. The highest BCUT2D eigenvalue weighted by Crippen LogP contribution is 2.43. The van der Waals surface area contributed by atoms with Crippen LogP contribution >= 0.6 is 0 Å². The second-order valence-corrected chi connectivity index (χ2v) is 13.0. The molecule has 4 rings (SSSR count). The number of aryl methyl sites for hydroxylation is 1. The number of allylic oxidation sites excluding steroid dienone is 4. The van der Waals surface area contributed by atoms with Crippen LogP contribution in [-0.4, -0.2) is 4.40 Å². The summed E-state index contributed by atoms with van der Waals surface area (Å²) in [5.74, 6) is 0.301. The number of fused-ring (bicyclic) bond motifs is 6. The second kappa shape index (κ2) is 11.3. The van der Waals surface area contributed by atoms with Crippen molar-refractivity contribution in [3.63, 3.8) is 0 Å². The van der Waals surface area contributed by atoms with E-state index in [0.29, 0.717) is 5.92 Å². The van der Waals surface area contributed by atoms with Gasteiger partial charge in [-0.2, -0.15) is 4.40 Å². The van der Waals surface area contributed by atoms with Gasteiger partial charge in [0.1, 0.15) is 11.7 Å². The Hall–Kier alpha value is -2.87. The molecule has 0 bridgehead atoms. The lowest BCUT2D eigenvalue weighted by atomic mass is 9.72. The van der Waals surface area contributed by atoms with Crippen molar-refractivity contribution in [1.82, 2.24) is 4.40 Å². The normalized spacial score (nSPS) is 14.4. The van der Waals surface area contributed by atoms with Gasteiger partial charge >= 0.3 is 0 Å². The topological polar surface area (TPSA) is 8.29 Å². The fourth-order valence-electron chi connectivity index (χ4n) is 6.67. The zero-order valence-corrected chi connectivity index (χ0v) is 26.3. The van der Waals surface area contributed by atoms with Gasteiger partial charge in [-0.3, -0.25) is 0 Å². The van der Waals surface area contributed by atoms with E-state index in [4.69, 9.17) is 0 Å².